The van der Waals surface area contributed by atoms with Crippen molar-refractivity contribution in [2.24, 2.45) is 0 Å². The van der Waals surface area contributed by atoms with Crippen LogP contribution in [0.1, 0.15) is 18.9 Å². The molecule has 0 aliphatic rings. The summed E-state index contributed by atoms with van der Waals surface area (Å²) in [5.74, 6) is 0. The highest BCUT2D eigenvalue weighted by molar-refractivity contribution is 9.10. The number of hydrogen-bond acceptors (Lipinski definition) is 0. The molecular formula is C19H17Br. The van der Waals surface area contributed by atoms with E-state index in [2.05, 4.69) is 83.5 Å². The maximum atomic E-state index is 3.52. The Hall–Kier alpha value is -1.60. The molecule has 3 aromatic rings. The van der Waals surface area contributed by atoms with Gasteiger partial charge in [0, 0.05) is 4.47 Å². The summed E-state index contributed by atoms with van der Waals surface area (Å²) in [4.78, 5) is 0. The van der Waals surface area contributed by atoms with E-state index >= 15 is 0 Å². The van der Waals surface area contributed by atoms with Crippen molar-refractivity contribution >= 4 is 26.7 Å². The van der Waals surface area contributed by atoms with Crippen molar-refractivity contribution in [2.75, 3.05) is 0 Å². The summed E-state index contributed by atoms with van der Waals surface area (Å²) in [5.41, 5.74) is 4.12. The molecule has 20 heavy (non-hydrogen) atoms. The van der Waals surface area contributed by atoms with Crippen LogP contribution in [0.25, 0.3) is 21.9 Å². The minimum absolute atomic E-state index is 1.12. The summed E-state index contributed by atoms with van der Waals surface area (Å²) in [6.07, 6.45) is 2.29. The first-order valence-corrected chi connectivity index (χ1v) is 7.85. The Labute approximate surface area is 128 Å². The van der Waals surface area contributed by atoms with E-state index in [-0.39, 0.29) is 0 Å². The maximum Gasteiger partial charge on any atom is 0.0175 e. The number of benzene rings is 3. The molecule has 0 aliphatic heterocycles. The summed E-state index contributed by atoms with van der Waals surface area (Å²) in [6, 6.07) is 21.8. The van der Waals surface area contributed by atoms with Crippen LogP contribution in [0.3, 0.4) is 0 Å². The molecule has 0 N–H and O–H groups in total. The topological polar surface area (TPSA) is 0 Å². The second-order valence-electron chi connectivity index (χ2n) is 5.08. The zero-order chi connectivity index (χ0) is 13.9. The molecule has 0 atom stereocenters. The van der Waals surface area contributed by atoms with E-state index < -0.39 is 0 Å². The van der Waals surface area contributed by atoms with Crippen LogP contribution in [0.15, 0.2) is 65.1 Å². The van der Waals surface area contributed by atoms with Gasteiger partial charge in [0.25, 0.3) is 0 Å². The molecular weight excluding hydrogens is 308 g/mol. The molecule has 0 radical (unpaired) electrons. The normalized spacial score (nSPS) is 10.9. The molecule has 0 nitrogen and oxygen atoms in total. The van der Waals surface area contributed by atoms with Crippen LogP contribution in [0.2, 0.25) is 0 Å². The number of rotatable bonds is 3. The van der Waals surface area contributed by atoms with Crippen LogP contribution in [0.5, 0.6) is 0 Å². The predicted molar refractivity (Wildman–Crippen MR) is 91.1 cm³/mol. The number of fused-ring (bicyclic) bond motifs is 1. The van der Waals surface area contributed by atoms with E-state index in [0.29, 0.717) is 0 Å². The largest absolute Gasteiger partial charge is 0.0651 e. The van der Waals surface area contributed by atoms with E-state index in [4.69, 9.17) is 0 Å². The summed E-state index contributed by atoms with van der Waals surface area (Å²) >= 11 is 3.52. The number of aryl methyl sites for hydroxylation is 1. The van der Waals surface area contributed by atoms with Crippen molar-refractivity contribution in [1.29, 1.82) is 0 Å². The van der Waals surface area contributed by atoms with E-state index in [1.54, 1.807) is 0 Å². The Balaban J connectivity index is 2.29. The van der Waals surface area contributed by atoms with Crippen LogP contribution in [-0.4, -0.2) is 0 Å². The SMILES string of the molecule is CCCc1ccc2ccccc2c1-c1ccc(Br)cc1. The van der Waals surface area contributed by atoms with Crippen molar-refractivity contribution < 1.29 is 0 Å². The molecule has 0 unspecified atom stereocenters. The second-order valence-corrected chi connectivity index (χ2v) is 5.99. The molecule has 0 heterocycles. The molecule has 1 heteroatoms. The molecule has 0 aromatic heterocycles. The summed E-state index contributed by atoms with van der Waals surface area (Å²) < 4.78 is 1.12. The van der Waals surface area contributed by atoms with Gasteiger partial charge in [-0.05, 0) is 46.0 Å². The van der Waals surface area contributed by atoms with Gasteiger partial charge < -0.3 is 0 Å². The average Bonchev–Trinajstić information content (AvgIpc) is 2.48. The molecule has 0 saturated heterocycles. The highest BCUT2D eigenvalue weighted by Gasteiger charge is 2.09. The summed E-state index contributed by atoms with van der Waals surface area (Å²) in [6.45, 7) is 2.24. The third kappa shape index (κ3) is 2.51. The van der Waals surface area contributed by atoms with Gasteiger partial charge >= 0.3 is 0 Å². The Bertz CT molecular complexity index is 726. The second kappa shape index (κ2) is 5.80. The fourth-order valence-electron chi connectivity index (χ4n) is 2.75. The summed E-state index contributed by atoms with van der Waals surface area (Å²) in [5, 5.41) is 2.66. The van der Waals surface area contributed by atoms with Gasteiger partial charge in [-0.15, -0.1) is 0 Å². The molecule has 100 valence electrons. The minimum atomic E-state index is 1.12. The van der Waals surface area contributed by atoms with Crippen LogP contribution in [0.4, 0.5) is 0 Å². The fourth-order valence-corrected chi connectivity index (χ4v) is 3.02. The van der Waals surface area contributed by atoms with Crippen molar-refractivity contribution in [3.05, 3.63) is 70.7 Å². The van der Waals surface area contributed by atoms with Gasteiger partial charge in [0.15, 0.2) is 0 Å². The zero-order valence-electron chi connectivity index (χ0n) is 11.6. The fraction of sp³-hybridized carbons (Fsp3) is 0.158. The van der Waals surface area contributed by atoms with Gasteiger partial charge in [0.05, 0.1) is 0 Å². The van der Waals surface area contributed by atoms with E-state index in [1.807, 2.05) is 0 Å². The van der Waals surface area contributed by atoms with E-state index in [1.165, 1.54) is 33.9 Å². The Kier molecular flexibility index (Phi) is 3.88. The highest BCUT2D eigenvalue weighted by Crippen LogP contribution is 2.33. The lowest BCUT2D eigenvalue weighted by molar-refractivity contribution is 0.925. The Morgan fingerprint density at radius 1 is 0.850 bits per heavy atom. The number of halogens is 1. The quantitative estimate of drug-likeness (QED) is 0.536. The van der Waals surface area contributed by atoms with Gasteiger partial charge in [-0.2, -0.15) is 0 Å². The van der Waals surface area contributed by atoms with Gasteiger partial charge in [-0.25, -0.2) is 0 Å². The monoisotopic (exact) mass is 324 g/mol. The van der Waals surface area contributed by atoms with E-state index in [0.717, 1.165) is 10.9 Å². The van der Waals surface area contributed by atoms with E-state index in [9.17, 15) is 0 Å². The van der Waals surface area contributed by atoms with Crippen molar-refractivity contribution in [3.8, 4) is 11.1 Å². The molecule has 3 aromatic carbocycles. The van der Waals surface area contributed by atoms with Gasteiger partial charge in [0.1, 0.15) is 0 Å². The third-order valence-electron chi connectivity index (χ3n) is 3.67. The first-order valence-electron chi connectivity index (χ1n) is 7.06. The smallest absolute Gasteiger partial charge is 0.0175 e. The lowest BCUT2D eigenvalue weighted by Crippen LogP contribution is -1.91. The maximum absolute atomic E-state index is 3.52. The lowest BCUT2D eigenvalue weighted by atomic mass is 9.91. The predicted octanol–water partition coefficient (Wildman–Crippen LogP) is 6.22. The van der Waals surface area contributed by atoms with Crippen molar-refractivity contribution in [1.82, 2.24) is 0 Å². The van der Waals surface area contributed by atoms with Gasteiger partial charge in [-0.1, -0.05) is 77.8 Å². The van der Waals surface area contributed by atoms with Crippen LogP contribution in [-0.2, 0) is 6.42 Å². The summed E-state index contributed by atoms with van der Waals surface area (Å²) in [7, 11) is 0. The molecule has 0 fully saturated rings. The molecule has 0 spiro atoms. The van der Waals surface area contributed by atoms with Crippen molar-refractivity contribution in [2.45, 2.75) is 19.8 Å². The van der Waals surface area contributed by atoms with Gasteiger partial charge in [-0.3, -0.25) is 0 Å². The molecule has 0 amide bonds. The first-order chi connectivity index (χ1) is 9.79. The van der Waals surface area contributed by atoms with Crippen LogP contribution in [0, 0.1) is 0 Å². The minimum Gasteiger partial charge on any atom is -0.0651 e. The lowest BCUT2D eigenvalue weighted by Gasteiger charge is -2.13. The number of hydrogen-bond donors (Lipinski definition) is 0. The van der Waals surface area contributed by atoms with Gasteiger partial charge in [0.2, 0.25) is 0 Å². The molecule has 0 saturated carbocycles. The van der Waals surface area contributed by atoms with Crippen LogP contribution >= 0.6 is 15.9 Å². The Morgan fingerprint density at radius 3 is 2.35 bits per heavy atom. The zero-order valence-corrected chi connectivity index (χ0v) is 13.2. The standard InChI is InChI=1S/C19H17Br/c1-2-5-15-9-8-14-6-3-4-7-18(14)19(15)16-10-12-17(20)13-11-16/h3-4,6-13H,2,5H2,1H3. The van der Waals surface area contributed by atoms with Crippen molar-refractivity contribution in [3.63, 3.8) is 0 Å². The molecule has 3 rings (SSSR count). The molecule has 0 bridgehead atoms. The Morgan fingerprint density at radius 2 is 1.60 bits per heavy atom. The average molecular weight is 325 g/mol. The first kappa shape index (κ1) is 13.4. The van der Waals surface area contributed by atoms with Crippen LogP contribution < -0.4 is 0 Å². The highest BCUT2D eigenvalue weighted by atomic mass is 79.9. The molecule has 0 aliphatic carbocycles. The third-order valence-corrected chi connectivity index (χ3v) is 4.20.